The molecule has 19 heteroatoms. The summed E-state index contributed by atoms with van der Waals surface area (Å²) < 4.78 is 131. The Morgan fingerprint density at radius 2 is 1.70 bits per heavy atom. The maximum Gasteiger partial charge on any atom is 0.429 e. The van der Waals surface area contributed by atoms with Gasteiger partial charge in [0.2, 0.25) is 5.89 Å². The van der Waals surface area contributed by atoms with Crippen LogP contribution in [-0.2, 0) is 11.8 Å². The summed E-state index contributed by atoms with van der Waals surface area (Å²) in [6.45, 7) is 2.16. The second-order valence-electron chi connectivity index (χ2n) is 10.5. The van der Waals surface area contributed by atoms with Gasteiger partial charge < -0.3 is 24.3 Å². The van der Waals surface area contributed by atoms with E-state index >= 15 is 0 Å². The van der Waals surface area contributed by atoms with Crippen LogP contribution >= 0.6 is 11.3 Å². The van der Waals surface area contributed by atoms with Crippen LogP contribution < -0.4 is 4.74 Å². The summed E-state index contributed by atoms with van der Waals surface area (Å²) in [4.78, 5) is 18.7. The van der Waals surface area contributed by atoms with Crippen LogP contribution in [-0.4, -0.2) is 73.3 Å². The monoisotopic (exact) mass is 662 g/mol. The van der Waals surface area contributed by atoms with E-state index in [1.54, 1.807) is 6.92 Å². The average molecular weight is 663 g/mol. The first-order valence-corrected chi connectivity index (χ1v) is 13.4. The quantitative estimate of drug-likeness (QED) is 0.297. The highest BCUT2D eigenvalue weighted by Crippen LogP contribution is 2.46. The summed E-state index contributed by atoms with van der Waals surface area (Å²) >= 11 is 0.524. The molecule has 1 fully saturated rings. The highest BCUT2D eigenvalue weighted by atomic mass is 32.1. The topological polar surface area (TPSA) is 122 Å². The van der Waals surface area contributed by atoms with E-state index in [2.05, 4.69) is 19.9 Å². The van der Waals surface area contributed by atoms with Crippen molar-refractivity contribution in [3.05, 3.63) is 35.3 Å². The number of hydrogen-bond acceptors (Lipinski definition) is 9. The number of aliphatic hydroxyl groups is 2. The Bertz CT molecular complexity index is 1510. The number of nitrogens with zero attached hydrogens (tertiary/aromatic N) is 4. The summed E-state index contributed by atoms with van der Waals surface area (Å²) in [5, 5.41) is 26.7. The van der Waals surface area contributed by atoms with E-state index in [-0.39, 0.29) is 40.3 Å². The molecule has 2 N–H and O–H groups in total. The SMILES string of the molecule is CC1CCCN1C(=O)c1nc(-c2nnc(C(C)(C)O)o2)sc1-c1ccc(OCC(O)(C(F)(F)F)C(F)(F)F)cc1C(F)(F)F. The Labute approximate surface area is 246 Å². The lowest BCUT2D eigenvalue weighted by molar-refractivity contribution is -0.373. The summed E-state index contributed by atoms with van der Waals surface area (Å²) in [6.07, 6.45) is -16.6. The van der Waals surface area contributed by atoms with Crippen molar-refractivity contribution in [1.29, 1.82) is 0 Å². The fourth-order valence-corrected chi connectivity index (χ4v) is 5.24. The lowest BCUT2D eigenvalue weighted by atomic mass is 10.0. The Hall–Kier alpha value is -3.45. The number of thiazole rings is 1. The molecular weight excluding hydrogens is 639 g/mol. The first-order chi connectivity index (χ1) is 20.0. The largest absolute Gasteiger partial charge is 0.490 e. The maximum absolute atomic E-state index is 14.3. The molecule has 0 radical (unpaired) electrons. The van der Waals surface area contributed by atoms with E-state index in [0.29, 0.717) is 36.3 Å². The van der Waals surface area contributed by atoms with Crippen LogP contribution in [0.5, 0.6) is 5.75 Å². The number of hydrogen-bond donors (Lipinski definition) is 2. The van der Waals surface area contributed by atoms with Gasteiger partial charge in [0.25, 0.3) is 17.4 Å². The van der Waals surface area contributed by atoms with Crippen LogP contribution in [0.3, 0.4) is 0 Å². The number of halogens is 9. The van der Waals surface area contributed by atoms with Crippen molar-refractivity contribution in [1.82, 2.24) is 20.1 Å². The predicted molar refractivity (Wildman–Crippen MR) is 133 cm³/mol. The molecule has 0 bridgehead atoms. The predicted octanol–water partition coefficient (Wildman–Crippen LogP) is 5.97. The highest BCUT2D eigenvalue weighted by molar-refractivity contribution is 7.18. The lowest BCUT2D eigenvalue weighted by Gasteiger charge is -2.32. The minimum absolute atomic E-state index is 0.147. The van der Waals surface area contributed by atoms with E-state index < -0.39 is 64.8 Å². The smallest absolute Gasteiger partial charge is 0.429 e. The van der Waals surface area contributed by atoms with E-state index in [0.717, 1.165) is 0 Å². The minimum atomic E-state index is -6.26. The zero-order chi connectivity index (χ0) is 33.0. The van der Waals surface area contributed by atoms with Gasteiger partial charge in [-0.1, -0.05) is 0 Å². The lowest BCUT2D eigenvalue weighted by Crippen LogP contribution is -2.60. The highest BCUT2D eigenvalue weighted by Gasteiger charge is 2.71. The van der Waals surface area contributed by atoms with E-state index in [9.17, 15) is 54.5 Å². The van der Waals surface area contributed by atoms with Crippen LogP contribution in [0.4, 0.5) is 39.5 Å². The summed E-state index contributed by atoms with van der Waals surface area (Å²) in [5.41, 5.74) is -9.71. The van der Waals surface area contributed by atoms with Crippen molar-refractivity contribution in [2.24, 2.45) is 0 Å². The van der Waals surface area contributed by atoms with Crippen LogP contribution in [0.2, 0.25) is 0 Å². The van der Waals surface area contributed by atoms with E-state index in [1.807, 2.05) is 0 Å². The molecule has 3 aromatic rings. The molecule has 0 spiro atoms. The molecular formula is C25H23F9N4O5S. The number of alkyl halides is 9. The van der Waals surface area contributed by atoms with Gasteiger partial charge in [0.1, 0.15) is 23.7 Å². The van der Waals surface area contributed by atoms with Crippen LogP contribution in [0.25, 0.3) is 21.3 Å². The molecule has 1 aliphatic rings. The fourth-order valence-electron chi connectivity index (χ4n) is 4.22. The molecule has 1 atom stereocenters. The second kappa shape index (κ2) is 11.2. The number of rotatable bonds is 7. The van der Waals surface area contributed by atoms with Crippen LogP contribution in [0.15, 0.2) is 22.6 Å². The van der Waals surface area contributed by atoms with Crippen molar-refractivity contribution in [3.63, 3.8) is 0 Å². The van der Waals surface area contributed by atoms with Gasteiger partial charge in [0.05, 0.1) is 10.4 Å². The van der Waals surface area contributed by atoms with Gasteiger partial charge in [-0.2, -0.15) is 39.5 Å². The number of ether oxygens (including phenoxy) is 1. The summed E-state index contributed by atoms with van der Waals surface area (Å²) in [7, 11) is 0. The molecule has 1 amide bonds. The molecule has 1 saturated heterocycles. The first-order valence-electron chi connectivity index (χ1n) is 12.6. The molecule has 3 heterocycles. The third-order valence-electron chi connectivity index (χ3n) is 6.70. The summed E-state index contributed by atoms with van der Waals surface area (Å²) in [6, 6.07) is 1.21. The van der Waals surface area contributed by atoms with Gasteiger partial charge in [-0.05, 0) is 51.8 Å². The first kappa shape index (κ1) is 33.4. The number of amides is 1. The number of carbonyl (C=O) groups is 1. The average Bonchev–Trinajstić information content (AvgIpc) is 3.64. The Morgan fingerprint density at radius 3 is 2.20 bits per heavy atom. The molecule has 0 saturated carbocycles. The van der Waals surface area contributed by atoms with Crippen molar-refractivity contribution in [3.8, 4) is 27.1 Å². The van der Waals surface area contributed by atoms with Gasteiger partial charge in [-0.3, -0.25) is 4.79 Å². The fraction of sp³-hybridized carbons (Fsp3) is 0.520. The van der Waals surface area contributed by atoms with Gasteiger partial charge in [0, 0.05) is 18.2 Å². The number of benzene rings is 1. The van der Waals surface area contributed by atoms with Crippen molar-refractivity contribution in [2.45, 2.75) is 69.4 Å². The van der Waals surface area contributed by atoms with E-state index in [4.69, 9.17) is 4.42 Å². The molecule has 9 nitrogen and oxygen atoms in total. The molecule has 0 aliphatic carbocycles. The standard InChI is InChI=1S/C25H23F9N4O5S/c1-11-5-4-8-38(11)19(39)15-16(44-18(35-15)17-36-37-20(43-17)21(2,3)40)13-7-6-12(9-14(13)23(26,27)28)42-10-22(41,24(29,30)31)25(32,33)34/h6-7,9,11,40-41H,4-5,8,10H2,1-3H3. The van der Waals surface area contributed by atoms with Gasteiger partial charge >= 0.3 is 18.5 Å². The minimum Gasteiger partial charge on any atom is -0.490 e. The third kappa shape index (κ3) is 6.35. The van der Waals surface area contributed by atoms with Gasteiger partial charge in [0.15, 0.2) is 5.01 Å². The second-order valence-corrected chi connectivity index (χ2v) is 11.5. The van der Waals surface area contributed by atoms with Crippen molar-refractivity contribution in [2.75, 3.05) is 13.2 Å². The van der Waals surface area contributed by atoms with Crippen LogP contribution in [0, 0.1) is 0 Å². The Morgan fingerprint density at radius 1 is 1.07 bits per heavy atom. The number of likely N-dealkylation sites (tertiary alicyclic amines) is 1. The zero-order valence-corrected chi connectivity index (χ0v) is 23.7. The Balaban J connectivity index is 1.82. The normalized spacial score (nSPS) is 17.0. The molecule has 1 aliphatic heterocycles. The molecule has 2 aromatic heterocycles. The third-order valence-corrected chi connectivity index (χ3v) is 7.78. The molecule has 1 unspecified atom stereocenters. The van der Waals surface area contributed by atoms with Crippen molar-refractivity contribution < 1.29 is 63.7 Å². The molecule has 242 valence electrons. The Kier molecular flexibility index (Phi) is 8.49. The van der Waals surface area contributed by atoms with Gasteiger partial charge in [-0.25, -0.2) is 4.98 Å². The van der Waals surface area contributed by atoms with E-state index in [1.165, 1.54) is 18.7 Å². The molecule has 4 rings (SSSR count). The number of aromatic nitrogens is 3. The zero-order valence-electron chi connectivity index (χ0n) is 22.9. The van der Waals surface area contributed by atoms with Gasteiger partial charge in [-0.15, -0.1) is 21.5 Å². The molecule has 44 heavy (non-hydrogen) atoms. The maximum atomic E-state index is 14.3. The number of carbonyl (C=O) groups excluding carboxylic acids is 1. The van der Waals surface area contributed by atoms with Crippen LogP contribution in [0.1, 0.15) is 55.6 Å². The molecule has 1 aromatic carbocycles. The van der Waals surface area contributed by atoms with Crippen molar-refractivity contribution >= 4 is 17.2 Å². The summed E-state index contributed by atoms with van der Waals surface area (Å²) in [5.74, 6) is -2.43.